The minimum absolute atomic E-state index is 0.585. The molecule has 1 rings (SSSR count). The summed E-state index contributed by atoms with van der Waals surface area (Å²) in [5, 5.41) is 0. The minimum atomic E-state index is 0.585. The van der Waals surface area contributed by atoms with Crippen molar-refractivity contribution < 1.29 is 0 Å². The summed E-state index contributed by atoms with van der Waals surface area (Å²) >= 11 is 5.51. The van der Waals surface area contributed by atoms with Crippen molar-refractivity contribution in [2.24, 2.45) is 5.92 Å². The molecule has 0 nitrogen and oxygen atoms in total. The lowest BCUT2D eigenvalue weighted by Gasteiger charge is -2.12. The molecule has 0 bridgehead atoms. The Morgan fingerprint density at radius 2 is 1.88 bits per heavy atom. The molecule has 0 saturated heterocycles. The topological polar surface area (TPSA) is 0 Å². The molecule has 0 aliphatic heterocycles. The summed E-state index contributed by atoms with van der Waals surface area (Å²) in [6, 6.07) is 10.5. The van der Waals surface area contributed by atoms with Crippen LogP contribution in [-0.2, 0) is 6.42 Å². The van der Waals surface area contributed by atoms with Gasteiger partial charge in [-0.2, -0.15) is 0 Å². The molecule has 0 N–H and O–H groups in total. The SMILES string of the molecule is CCCCCC(C)C(=S)Cc1ccccc1. The fourth-order valence-corrected chi connectivity index (χ4v) is 2.12. The molecule has 0 spiro atoms. The predicted molar refractivity (Wildman–Crippen MR) is 76.1 cm³/mol. The highest BCUT2D eigenvalue weighted by Gasteiger charge is 2.08. The van der Waals surface area contributed by atoms with Crippen LogP contribution in [0.5, 0.6) is 0 Å². The van der Waals surface area contributed by atoms with Crippen molar-refractivity contribution >= 4 is 17.1 Å². The Morgan fingerprint density at radius 3 is 2.50 bits per heavy atom. The van der Waals surface area contributed by atoms with Crippen molar-refractivity contribution in [3.63, 3.8) is 0 Å². The quantitative estimate of drug-likeness (QED) is 0.481. The third-order valence-corrected chi connectivity index (χ3v) is 3.56. The van der Waals surface area contributed by atoms with Gasteiger partial charge in [0, 0.05) is 11.3 Å². The second kappa shape index (κ2) is 7.56. The molecule has 1 unspecified atom stereocenters. The Morgan fingerprint density at radius 1 is 1.19 bits per heavy atom. The minimum Gasteiger partial charge on any atom is -0.0890 e. The van der Waals surface area contributed by atoms with Crippen LogP contribution in [0.15, 0.2) is 30.3 Å². The van der Waals surface area contributed by atoms with Crippen LogP contribution in [0.1, 0.15) is 45.1 Å². The first kappa shape index (κ1) is 13.4. The van der Waals surface area contributed by atoms with Crippen LogP contribution in [0, 0.1) is 5.92 Å². The number of unbranched alkanes of at least 4 members (excludes halogenated alkanes) is 2. The van der Waals surface area contributed by atoms with Gasteiger partial charge in [0.1, 0.15) is 0 Å². The number of rotatable bonds is 7. The van der Waals surface area contributed by atoms with E-state index in [0.717, 1.165) is 6.42 Å². The molecule has 0 heterocycles. The van der Waals surface area contributed by atoms with Gasteiger partial charge in [0.25, 0.3) is 0 Å². The molecule has 0 aliphatic carbocycles. The van der Waals surface area contributed by atoms with E-state index in [0.29, 0.717) is 5.92 Å². The van der Waals surface area contributed by atoms with Gasteiger partial charge in [0.15, 0.2) is 0 Å². The highest BCUT2D eigenvalue weighted by molar-refractivity contribution is 7.80. The van der Waals surface area contributed by atoms with Gasteiger partial charge in [-0.1, -0.05) is 75.7 Å². The van der Waals surface area contributed by atoms with Gasteiger partial charge in [-0.05, 0) is 17.9 Å². The van der Waals surface area contributed by atoms with Gasteiger partial charge in [0.2, 0.25) is 0 Å². The van der Waals surface area contributed by atoms with Gasteiger partial charge < -0.3 is 0 Å². The molecule has 1 aromatic rings. The van der Waals surface area contributed by atoms with E-state index < -0.39 is 0 Å². The molecule has 0 amide bonds. The largest absolute Gasteiger partial charge is 0.0890 e. The third-order valence-electron chi connectivity index (χ3n) is 3.01. The molecule has 0 aromatic heterocycles. The van der Waals surface area contributed by atoms with Crippen LogP contribution in [-0.4, -0.2) is 4.86 Å². The summed E-state index contributed by atoms with van der Waals surface area (Å²) in [7, 11) is 0. The van der Waals surface area contributed by atoms with E-state index in [4.69, 9.17) is 12.2 Å². The zero-order valence-corrected chi connectivity index (χ0v) is 11.2. The number of hydrogen-bond donors (Lipinski definition) is 0. The summed E-state index contributed by atoms with van der Waals surface area (Å²) in [5.74, 6) is 0.585. The first-order valence-electron chi connectivity index (χ1n) is 6.30. The van der Waals surface area contributed by atoms with E-state index in [-0.39, 0.29) is 0 Å². The second-order valence-corrected chi connectivity index (χ2v) is 5.05. The maximum Gasteiger partial charge on any atom is 0.00409 e. The summed E-state index contributed by atoms with van der Waals surface area (Å²) in [5.41, 5.74) is 1.34. The molecule has 1 aromatic carbocycles. The molecule has 0 saturated carbocycles. The lowest BCUT2D eigenvalue weighted by atomic mass is 9.95. The Kier molecular flexibility index (Phi) is 6.32. The predicted octanol–water partition coefficient (Wildman–Crippen LogP) is 4.82. The van der Waals surface area contributed by atoms with E-state index in [1.54, 1.807) is 0 Å². The standard InChI is InChI=1S/C15H22S/c1-3-4-6-9-13(2)15(16)12-14-10-7-5-8-11-14/h5,7-8,10-11,13H,3-4,6,9,12H2,1-2H3. The Bertz CT molecular complexity index is 302. The Labute approximate surface area is 105 Å². The summed E-state index contributed by atoms with van der Waals surface area (Å²) in [4.78, 5) is 1.21. The van der Waals surface area contributed by atoms with Crippen LogP contribution in [0.25, 0.3) is 0 Å². The van der Waals surface area contributed by atoms with Crippen molar-refractivity contribution in [1.82, 2.24) is 0 Å². The van der Waals surface area contributed by atoms with Crippen LogP contribution in [0.2, 0.25) is 0 Å². The Balaban J connectivity index is 2.34. The molecule has 1 atom stereocenters. The average molecular weight is 234 g/mol. The zero-order chi connectivity index (χ0) is 11.8. The molecule has 0 fully saturated rings. The fraction of sp³-hybridized carbons (Fsp3) is 0.533. The maximum atomic E-state index is 5.51. The number of benzene rings is 1. The lowest BCUT2D eigenvalue weighted by Crippen LogP contribution is -2.11. The number of hydrogen-bond acceptors (Lipinski definition) is 1. The van der Waals surface area contributed by atoms with Gasteiger partial charge >= 0.3 is 0 Å². The van der Waals surface area contributed by atoms with Crippen molar-refractivity contribution in [1.29, 1.82) is 0 Å². The Hall–Kier alpha value is -0.690. The molecule has 88 valence electrons. The van der Waals surface area contributed by atoms with Crippen molar-refractivity contribution in [3.05, 3.63) is 35.9 Å². The molecule has 0 radical (unpaired) electrons. The summed E-state index contributed by atoms with van der Waals surface area (Å²) in [6.07, 6.45) is 6.14. The molecular formula is C15H22S. The van der Waals surface area contributed by atoms with Crippen LogP contribution >= 0.6 is 12.2 Å². The van der Waals surface area contributed by atoms with E-state index in [1.165, 1.54) is 36.1 Å². The molecule has 16 heavy (non-hydrogen) atoms. The van der Waals surface area contributed by atoms with Gasteiger partial charge in [-0.15, -0.1) is 0 Å². The highest BCUT2D eigenvalue weighted by atomic mass is 32.1. The summed E-state index contributed by atoms with van der Waals surface area (Å²) in [6.45, 7) is 4.51. The monoisotopic (exact) mass is 234 g/mol. The maximum absolute atomic E-state index is 5.51. The zero-order valence-electron chi connectivity index (χ0n) is 10.4. The second-order valence-electron chi connectivity index (χ2n) is 4.53. The van der Waals surface area contributed by atoms with Crippen molar-refractivity contribution in [2.45, 2.75) is 46.0 Å². The summed E-state index contributed by atoms with van der Waals surface area (Å²) < 4.78 is 0. The molecule has 1 heteroatoms. The number of thiocarbonyl (C=S) groups is 1. The normalized spacial score (nSPS) is 12.4. The lowest BCUT2D eigenvalue weighted by molar-refractivity contribution is 0.598. The average Bonchev–Trinajstić information content (AvgIpc) is 2.30. The van der Waals surface area contributed by atoms with Crippen molar-refractivity contribution in [3.8, 4) is 0 Å². The van der Waals surface area contributed by atoms with E-state index in [9.17, 15) is 0 Å². The van der Waals surface area contributed by atoms with Crippen molar-refractivity contribution in [2.75, 3.05) is 0 Å². The molecular weight excluding hydrogens is 212 g/mol. The van der Waals surface area contributed by atoms with E-state index in [1.807, 2.05) is 0 Å². The van der Waals surface area contributed by atoms with E-state index >= 15 is 0 Å². The van der Waals surface area contributed by atoms with Gasteiger partial charge in [-0.3, -0.25) is 0 Å². The van der Waals surface area contributed by atoms with Gasteiger partial charge in [-0.25, -0.2) is 0 Å². The highest BCUT2D eigenvalue weighted by Crippen LogP contribution is 2.14. The fourth-order valence-electron chi connectivity index (χ4n) is 1.83. The first-order chi connectivity index (χ1) is 7.74. The smallest absolute Gasteiger partial charge is 0.00409 e. The van der Waals surface area contributed by atoms with Crippen LogP contribution < -0.4 is 0 Å². The van der Waals surface area contributed by atoms with Gasteiger partial charge in [0.05, 0.1) is 0 Å². The van der Waals surface area contributed by atoms with E-state index in [2.05, 4.69) is 44.2 Å². The van der Waals surface area contributed by atoms with Crippen LogP contribution in [0.4, 0.5) is 0 Å². The third kappa shape index (κ3) is 4.89. The van der Waals surface area contributed by atoms with Crippen LogP contribution in [0.3, 0.4) is 0 Å². The first-order valence-corrected chi connectivity index (χ1v) is 6.71. The molecule has 0 aliphatic rings.